The predicted molar refractivity (Wildman–Crippen MR) is 97.1 cm³/mol. The van der Waals surface area contributed by atoms with Crippen molar-refractivity contribution in [1.29, 1.82) is 0 Å². The Balaban J connectivity index is 0.00000192. The van der Waals surface area contributed by atoms with E-state index in [9.17, 15) is 4.79 Å². The van der Waals surface area contributed by atoms with E-state index >= 15 is 0 Å². The van der Waals surface area contributed by atoms with Crippen LogP contribution in [0.4, 0.5) is 0 Å². The van der Waals surface area contributed by atoms with Crippen LogP contribution >= 0.6 is 12.4 Å². The van der Waals surface area contributed by atoms with Crippen molar-refractivity contribution in [2.24, 2.45) is 5.92 Å². The van der Waals surface area contributed by atoms with Crippen molar-refractivity contribution in [3.63, 3.8) is 0 Å². The summed E-state index contributed by atoms with van der Waals surface area (Å²) >= 11 is 0. The standard InChI is InChI=1S/C19H28N2O.ClH/c1-15-14-20-11-12-21(15)19(22)13-16-7-9-18(10-8-16)17-5-3-2-4-6-17;/h2-6,15-16,18,20H,7-14H2,1H3;1H/t15-,16?,18?;/m1./s1. The fourth-order valence-corrected chi connectivity index (χ4v) is 4.00. The molecule has 1 N–H and O–H groups in total. The second-order valence-corrected chi connectivity index (χ2v) is 6.97. The maximum absolute atomic E-state index is 12.5. The lowest BCUT2D eigenvalue weighted by Gasteiger charge is -2.36. The molecule has 2 fully saturated rings. The van der Waals surface area contributed by atoms with Crippen LogP contribution in [-0.4, -0.2) is 36.5 Å². The van der Waals surface area contributed by atoms with Crippen LogP contribution in [0, 0.1) is 5.92 Å². The van der Waals surface area contributed by atoms with Gasteiger partial charge in [0.1, 0.15) is 0 Å². The van der Waals surface area contributed by atoms with Gasteiger partial charge in [-0.3, -0.25) is 4.79 Å². The number of hydrogen-bond donors (Lipinski definition) is 1. The van der Waals surface area contributed by atoms with Crippen LogP contribution in [-0.2, 0) is 4.79 Å². The first-order chi connectivity index (χ1) is 10.7. The molecule has 1 aliphatic heterocycles. The SMILES string of the molecule is C[C@@H]1CNCCN1C(=O)CC1CCC(c2ccccc2)CC1.Cl. The van der Waals surface area contributed by atoms with Gasteiger partial charge in [-0.15, -0.1) is 12.4 Å². The van der Waals surface area contributed by atoms with Crippen molar-refractivity contribution >= 4 is 18.3 Å². The fourth-order valence-electron chi connectivity index (χ4n) is 4.00. The lowest BCUT2D eigenvalue weighted by molar-refractivity contribution is -0.135. The normalized spacial score (nSPS) is 28.0. The van der Waals surface area contributed by atoms with E-state index in [1.54, 1.807) is 0 Å². The van der Waals surface area contributed by atoms with Crippen LogP contribution in [0.15, 0.2) is 30.3 Å². The number of halogens is 1. The summed E-state index contributed by atoms with van der Waals surface area (Å²) in [7, 11) is 0. The van der Waals surface area contributed by atoms with Crippen LogP contribution in [0.3, 0.4) is 0 Å². The predicted octanol–water partition coefficient (Wildman–Crippen LogP) is 3.59. The molecule has 0 radical (unpaired) electrons. The minimum atomic E-state index is 0. The van der Waals surface area contributed by atoms with Crippen molar-refractivity contribution in [2.75, 3.05) is 19.6 Å². The molecule has 23 heavy (non-hydrogen) atoms. The molecule has 0 aromatic heterocycles. The minimum absolute atomic E-state index is 0. The third-order valence-corrected chi connectivity index (χ3v) is 5.40. The average Bonchev–Trinajstić information content (AvgIpc) is 2.57. The van der Waals surface area contributed by atoms with Gasteiger partial charge in [0.05, 0.1) is 0 Å². The Morgan fingerprint density at radius 2 is 1.87 bits per heavy atom. The Labute approximate surface area is 146 Å². The van der Waals surface area contributed by atoms with E-state index in [0.29, 0.717) is 23.8 Å². The third kappa shape index (κ3) is 4.71. The third-order valence-electron chi connectivity index (χ3n) is 5.40. The highest BCUT2D eigenvalue weighted by Gasteiger charge is 2.28. The maximum Gasteiger partial charge on any atom is 0.223 e. The zero-order valence-corrected chi connectivity index (χ0v) is 14.9. The number of nitrogens with one attached hydrogen (secondary N) is 1. The van der Waals surface area contributed by atoms with Gasteiger partial charge in [0.15, 0.2) is 0 Å². The summed E-state index contributed by atoms with van der Waals surface area (Å²) in [4.78, 5) is 14.6. The largest absolute Gasteiger partial charge is 0.337 e. The molecule has 1 saturated carbocycles. The molecule has 128 valence electrons. The number of piperazine rings is 1. The summed E-state index contributed by atoms with van der Waals surface area (Å²) in [6.45, 7) is 4.90. The highest BCUT2D eigenvalue weighted by atomic mass is 35.5. The molecule has 3 nitrogen and oxygen atoms in total. The van der Waals surface area contributed by atoms with Crippen LogP contribution in [0.2, 0.25) is 0 Å². The summed E-state index contributed by atoms with van der Waals surface area (Å²) in [6.07, 6.45) is 5.63. The molecule has 0 spiro atoms. The van der Waals surface area contributed by atoms with Crippen molar-refractivity contribution in [2.45, 2.75) is 51.0 Å². The minimum Gasteiger partial charge on any atom is -0.337 e. The Morgan fingerprint density at radius 3 is 2.52 bits per heavy atom. The summed E-state index contributed by atoms with van der Waals surface area (Å²) in [5.41, 5.74) is 1.48. The summed E-state index contributed by atoms with van der Waals surface area (Å²) in [5.74, 6) is 1.66. The molecule has 1 aromatic rings. The van der Waals surface area contributed by atoms with Crippen LogP contribution in [0.25, 0.3) is 0 Å². The summed E-state index contributed by atoms with van der Waals surface area (Å²) < 4.78 is 0. The lowest BCUT2D eigenvalue weighted by Crippen LogP contribution is -2.52. The molecule has 1 heterocycles. The van der Waals surface area contributed by atoms with E-state index in [2.05, 4.69) is 47.5 Å². The number of carbonyl (C=O) groups is 1. The molecular formula is C19H29ClN2O. The molecule has 4 heteroatoms. The van der Waals surface area contributed by atoms with E-state index in [1.807, 2.05) is 0 Å². The van der Waals surface area contributed by atoms with Gasteiger partial charge < -0.3 is 10.2 Å². The first-order valence-electron chi connectivity index (χ1n) is 8.79. The van der Waals surface area contributed by atoms with Gasteiger partial charge in [0.25, 0.3) is 0 Å². The lowest BCUT2D eigenvalue weighted by atomic mass is 9.77. The van der Waals surface area contributed by atoms with Gasteiger partial charge >= 0.3 is 0 Å². The first-order valence-corrected chi connectivity index (χ1v) is 8.79. The molecule has 1 aromatic carbocycles. The molecule has 1 saturated heterocycles. The van der Waals surface area contributed by atoms with Gasteiger partial charge in [-0.25, -0.2) is 0 Å². The Morgan fingerprint density at radius 1 is 1.17 bits per heavy atom. The first kappa shape index (κ1) is 18.3. The number of hydrogen-bond acceptors (Lipinski definition) is 2. The molecular weight excluding hydrogens is 308 g/mol. The van der Waals surface area contributed by atoms with Crippen molar-refractivity contribution in [3.8, 4) is 0 Å². The van der Waals surface area contributed by atoms with E-state index in [4.69, 9.17) is 0 Å². The Bertz CT molecular complexity index is 485. The fraction of sp³-hybridized carbons (Fsp3) is 0.632. The summed E-state index contributed by atoms with van der Waals surface area (Å²) in [5, 5.41) is 3.35. The van der Waals surface area contributed by atoms with Crippen LogP contribution < -0.4 is 5.32 Å². The van der Waals surface area contributed by atoms with Gasteiger partial charge in [-0.2, -0.15) is 0 Å². The van der Waals surface area contributed by atoms with Crippen molar-refractivity contribution in [1.82, 2.24) is 10.2 Å². The molecule has 2 aliphatic rings. The zero-order valence-electron chi connectivity index (χ0n) is 14.0. The second kappa shape index (κ2) is 8.70. The van der Waals surface area contributed by atoms with Gasteiger partial charge in [-0.05, 0) is 50.0 Å². The van der Waals surface area contributed by atoms with Gasteiger partial charge in [-0.1, -0.05) is 30.3 Å². The quantitative estimate of drug-likeness (QED) is 0.914. The van der Waals surface area contributed by atoms with E-state index in [0.717, 1.165) is 26.1 Å². The highest BCUT2D eigenvalue weighted by Crippen LogP contribution is 2.37. The number of benzene rings is 1. The Kier molecular flexibility index (Phi) is 6.91. The average molecular weight is 337 g/mol. The highest BCUT2D eigenvalue weighted by molar-refractivity contribution is 5.85. The van der Waals surface area contributed by atoms with Gasteiger partial charge in [0.2, 0.25) is 5.91 Å². The second-order valence-electron chi connectivity index (χ2n) is 6.97. The molecule has 1 aliphatic carbocycles. The van der Waals surface area contributed by atoms with Crippen LogP contribution in [0.1, 0.15) is 50.5 Å². The maximum atomic E-state index is 12.5. The number of carbonyl (C=O) groups excluding carboxylic acids is 1. The number of nitrogens with zero attached hydrogens (tertiary/aromatic N) is 1. The smallest absolute Gasteiger partial charge is 0.223 e. The molecule has 0 bridgehead atoms. The zero-order chi connectivity index (χ0) is 15.4. The van der Waals surface area contributed by atoms with Gasteiger partial charge in [0, 0.05) is 32.1 Å². The Hall–Kier alpha value is -1.06. The number of rotatable bonds is 3. The molecule has 1 amide bonds. The van der Waals surface area contributed by atoms with E-state index in [1.165, 1.54) is 31.2 Å². The summed E-state index contributed by atoms with van der Waals surface area (Å²) in [6, 6.07) is 11.2. The van der Waals surface area contributed by atoms with Crippen molar-refractivity contribution in [3.05, 3.63) is 35.9 Å². The monoisotopic (exact) mass is 336 g/mol. The molecule has 0 unspecified atom stereocenters. The molecule has 1 atom stereocenters. The van der Waals surface area contributed by atoms with Crippen LogP contribution in [0.5, 0.6) is 0 Å². The van der Waals surface area contributed by atoms with E-state index in [-0.39, 0.29) is 12.4 Å². The van der Waals surface area contributed by atoms with Crippen molar-refractivity contribution < 1.29 is 4.79 Å². The molecule has 3 rings (SSSR count). The topological polar surface area (TPSA) is 32.3 Å². The number of amides is 1. The van der Waals surface area contributed by atoms with E-state index < -0.39 is 0 Å².